The second kappa shape index (κ2) is 26.7. The van der Waals surface area contributed by atoms with E-state index in [1.807, 2.05) is 69.3 Å². The Morgan fingerprint density at radius 3 is 1.81 bits per heavy atom. The predicted molar refractivity (Wildman–Crippen MR) is 256 cm³/mol. The quantitative estimate of drug-likeness (QED) is 0.0300. The molecule has 6 N–H and O–H groups in total. The van der Waals surface area contributed by atoms with Crippen molar-refractivity contribution in [3.8, 4) is 0 Å². The van der Waals surface area contributed by atoms with E-state index in [2.05, 4.69) is 58.8 Å². The number of benzene rings is 2. The number of rotatable bonds is 25. The Morgan fingerprint density at radius 2 is 1.24 bits per heavy atom. The fourth-order valence-electron chi connectivity index (χ4n) is 7.73. The number of aliphatic hydroxyl groups excluding tert-OH is 4. The average molecular weight is 884 g/mol. The SMILES string of the molecule is C=CC1=C(/C=N/CC(=O)NCCSSCCNC(=O)C[n+]2ccc3c(c2)CCC/C3=C\c2ccc(N(CCO)CCO)cc2)CCC/C1=C\c1ccc(N(CCO)CCO)cc1. The number of pyridine rings is 1. The molecule has 0 radical (unpaired) electrons. The number of nitrogens with zero attached hydrogens (tertiary/aromatic N) is 4. The van der Waals surface area contributed by atoms with Crippen LogP contribution in [0.4, 0.5) is 11.4 Å². The molecule has 14 heteroatoms. The van der Waals surface area contributed by atoms with Crippen LogP contribution in [0, 0.1) is 0 Å². The molecule has 2 aliphatic rings. The van der Waals surface area contributed by atoms with Crippen LogP contribution < -0.4 is 25.0 Å². The third-order valence-electron chi connectivity index (χ3n) is 10.7. The van der Waals surface area contributed by atoms with Crippen LogP contribution in [0.15, 0.2) is 101 Å². The maximum Gasteiger partial charge on any atom is 0.286 e. The van der Waals surface area contributed by atoms with Crippen molar-refractivity contribution >= 4 is 68.7 Å². The zero-order valence-electron chi connectivity index (χ0n) is 35.7. The number of hydrogen-bond donors (Lipinski definition) is 6. The summed E-state index contributed by atoms with van der Waals surface area (Å²) in [4.78, 5) is 33.6. The minimum absolute atomic E-state index is 0.0219. The Kier molecular flexibility index (Phi) is 20.8. The van der Waals surface area contributed by atoms with Gasteiger partial charge in [-0.3, -0.25) is 14.6 Å². The van der Waals surface area contributed by atoms with Gasteiger partial charge in [-0.05, 0) is 102 Å². The topological polar surface area (TPSA) is 162 Å². The predicted octanol–water partition coefficient (Wildman–Crippen LogP) is 4.87. The number of fused-ring (bicyclic) bond motifs is 1. The van der Waals surface area contributed by atoms with Gasteiger partial charge in [0.2, 0.25) is 12.5 Å². The third kappa shape index (κ3) is 15.3. The molecule has 62 heavy (non-hydrogen) atoms. The maximum atomic E-state index is 12.8. The number of anilines is 2. The van der Waals surface area contributed by atoms with E-state index >= 15 is 0 Å². The Morgan fingerprint density at radius 1 is 0.710 bits per heavy atom. The number of amides is 2. The summed E-state index contributed by atoms with van der Waals surface area (Å²) in [6.45, 7) is 7.47. The first kappa shape index (κ1) is 48.3. The molecule has 0 atom stereocenters. The summed E-state index contributed by atoms with van der Waals surface area (Å²) in [5.41, 5.74) is 11.1. The standard InChI is InChI=1S/C48H62N6O6S2/c1-2-45-39(31-37-9-13-43(14-10-37)53(21-25-55)22-26-56)5-3-7-41(45)33-49-34-47(59)50-18-29-61-62-30-19-51-48(60)36-52-20-17-46-40(6-4-8-42(46)35-52)32-38-11-15-44(16-12-38)54(23-27-57)24-28-58/h2,9-17,20,31-33,35,55-58H,1,3-8,18-19,21-30,34,36H2,(H-,50,51,59,60)/p+1/b39-31+,49-33+. The summed E-state index contributed by atoms with van der Waals surface area (Å²) in [6, 6.07) is 18.4. The van der Waals surface area contributed by atoms with Crippen LogP contribution in [0.5, 0.6) is 0 Å². The highest BCUT2D eigenvalue weighted by Gasteiger charge is 2.20. The number of aryl methyl sites for hydroxylation is 1. The van der Waals surface area contributed by atoms with Crippen molar-refractivity contribution in [3.63, 3.8) is 0 Å². The van der Waals surface area contributed by atoms with Crippen LogP contribution in [0.1, 0.15) is 54.4 Å². The summed E-state index contributed by atoms with van der Waals surface area (Å²) < 4.78 is 1.95. The first-order valence-corrected chi connectivity index (χ1v) is 24.0. The van der Waals surface area contributed by atoms with E-state index in [0.717, 1.165) is 83.7 Å². The lowest BCUT2D eigenvalue weighted by Gasteiger charge is -2.23. The normalized spacial score (nSPS) is 15.2. The molecule has 0 saturated heterocycles. The first-order chi connectivity index (χ1) is 30.3. The van der Waals surface area contributed by atoms with Gasteiger partial charge in [0.1, 0.15) is 6.54 Å². The molecule has 0 bridgehead atoms. The number of carbonyl (C=O) groups excluding carboxylic acids is 2. The molecule has 1 heterocycles. The molecule has 2 aromatic carbocycles. The fraction of sp³-hybridized carbons (Fsp3) is 0.417. The third-order valence-corrected chi connectivity index (χ3v) is 13.1. The van der Waals surface area contributed by atoms with Gasteiger partial charge >= 0.3 is 0 Å². The molecule has 0 saturated carbocycles. The Labute approximate surface area is 374 Å². The van der Waals surface area contributed by atoms with E-state index in [9.17, 15) is 30.0 Å². The van der Waals surface area contributed by atoms with Crippen LogP contribution in [-0.2, 0) is 22.6 Å². The summed E-state index contributed by atoms with van der Waals surface area (Å²) in [5.74, 6) is 1.36. The van der Waals surface area contributed by atoms with Crippen molar-refractivity contribution < 1.29 is 34.6 Å². The minimum Gasteiger partial charge on any atom is -0.395 e. The molecule has 5 rings (SSSR count). The van der Waals surface area contributed by atoms with E-state index in [0.29, 0.717) is 39.3 Å². The van der Waals surface area contributed by atoms with Crippen molar-refractivity contribution in [2.24, 2.45) is 4.99 Å². The van der Waals surface area contributed by atoms with Gasteiger partial charge in [0.25, 0.3) is 5.91 Å². The average Bonchev–Trinajstić information content (AvgIpc) is 3.28. The van der Waals surface area contributed by atoms with Gasteiger partial charge in [-0.2, -0.15) is 4.57 Å². The van der Waals surface area contributed by atoms with E-state index in [4.69, 9.17) is 0 Å². The van der Waals surface area contributed by atoms with Crippen molar-refractivity contribution in [2.75, 3.05) is 93.5 Å². The lowest BCUT2D eigenvalue weighted by molar-refractivity contribution is -0.684. The van der Waals surface area contributed by atoms with Gasteiger partial charge in [0.05, 0.1) is 26.4 Å². The Hall–Kier alpha value is -4.70. The van der Waals surface area contributed by atoms with Crippen LogP contribution in [0.2, 0.25) is 0 Å². The smallest absolute Gasteiger partial charge is 0.286 e. The lowest BCUT2D eigenvalue weighted by Crippen LogP contribution is -2.43. The van der Waals surface area contributed by atoms with Crippen molar-refractivity contribution in [1.29, 1.82) is 0 Å². The number of nitrogens with one attached hydrogen (secondary N) is 2. The molecule has 2 amide bonds. The van der Waals surface area contributed by atoms with Crippen molar-refractivity contribution in [2.45, 2.75) is 45.1 Å². The fourth-order valence-corrected chi connectivity index (χ4v) is 9.55. The monoisotopic (exact) mass is 883 g/mol. The summed E-state index contributed by atoms with van der Waals surface area (Å²) in [7, 11) is 3.33. The number of hydrogen-bond acceptors (Lipinski definition) is 11. The first-order valence-electron chi connectivity index (χ1n) is 21.6. The van der Waals surface area contributed by atoms with E-state index in [1.54, 1.807) is 21.6 Å². The van der Waals surface area contributed by atoms with Gasteiger partial charge in [0.15, 0.2) is 12.4 Å². The molecule has 0 aliphatic heterocycles. The van der Waals surface area contributed by atoms with E-state index < -0.39 is 0 Å². The van der Waals surface area contributed by atoms with Crippen molar-refractivity contribution in [3.05, 3.63) is 119 Å². The van der Waals surface area contributed by atoms with Crippen LogP contribution >= 0.6 is 21.6 Å². The molecular formula is C48H63N6O6S2+. The summed E-state index contributed by atoms with van der Waals surface area (Å²) >= 11 is 0. The highest BCUT2D eigenvalue weighted by Crippen LogP contribution is 2.33. The molecule has 12 nitrogen and oxygen atoms in total. The van der Waals surface area contributed by atoms with Crippen LogP contribution in [0.3, 0.4) is 0 Å². The molecule has 332 valence electrons. The van der Waals surface area contributed by atoms with Gasteiger partial charge in [-0.1, -0.05) is 70.7 Å². The van der Waals surface area contributed by atoms with Crippen LogP contribution in [0.25, 0.3) is 17.7 Å². The Balaban J connectivity index is 0.976. The zero-order valence-corrected chi connectivity index (χ0v) is 37.4. The maximum absolute atomic E-state index is 12.8. The molecule has 0 spiro atoms. The molecule has 3 aromatic rings. The van der Waals surface area contributed by atoms with E-state index in [1.165, 1.54) is 22.3 Å². The number of carbonyl (C=O) groups is 2. The number of aliphatic imine (C=N–C) groups is 1. The lowest BCUT2D eigenvalue weighted by atomic mass is 9.86. The molecular weight excluding hydrogens is 821 g/mol. The number of aromatic nitrogens is 1. The minimum atomic E-state index is -0.123. The van der Waals surface area contributed by atoms with Crippen molar-refractivity contribution in [1.82, 2.24) is 10.6 Å². The second-order valence-corrected chi connectivity index (χ2v) is 17.8. The van der Waals surface area contributed by atoms with E-state index in [-0.39, 0.29) is 51.3 Å². The summed E-state index contributed by atoms with van der Waals surface area (Å²) in [5, 5.41) is 43.4. The highest BCUT2D eigenvalue weighted by molar-refractivity contribution is 8.76. The van der Waals surface area contributed by atoms with Gasteiger partial charge in [-0.25, -0.2) is 0 Å². The molecule has 0 fully saturated rings. The van der Waals surface area contributed by atoms with Gasteiger partial charge < -0.3 is 40.9 Å². The zero-order chi connectivity index (χ0) is 43.9. The summed E-state index contributed by atoms with van der Waals surface area (Å²) in [6.07, 6.45) is 17.9. The van der Waals surface area contributed by atoms with Gasteiger partial charge in [0, 0.05) is 80.0 Å². The van der Waals surface area contributed by atoms with Gasteiger partial charge in [-0.15, -0.1) is 0 Å². The number of allylic oxidation sites excluding steroid dienone is 5. The highest BCUT2D eigenvalue weighted by atomic mass is 33.1. The largest absolute Gasteiger partial charge is 0.395 e. The molecule has 1 aromatic heterocycles. The molecule has 0 unspecified atom stereocenters. The Bertz CT molecular complexity index is 2020. The second-order valence-electron chi connectivity index (χ2n) is 15.1. The number of aliphatic hydroxyl groups is 4. The molecule has 2 aliphatic carbocycles. The van der Waals surface area contributed by atoms with Crippen LogP contribution in [-0.4, -0.2) is 122 Å².